The standard InChI is InChI=1S/C15H24N2O/c1-16(2)11-14-9-6-10-17(14)12-15(18)13-7-4-3-5-8-13/h3-5,7-8,14-15,18H,6,9-12H2,1-2H3. The second-order valence-electron chi connectivity index (χ2n) is 5.48. The monoisotopic (exact) mass is 248 g/mol. The fourth-order valence-electron chi connectivity index (χ4n) is 2.77. The molecule has 0 bridgehead atoms. The molecule has 0 aliphatic carbocycles. The molecule has 0 aromatic heterocycles. The van der Waals surface area contributed by atoms with E-state index in [1.165, 1.54) is 12.8 Å². The van der Waals surface area contributed by atoms with Crippen molar-refractivity contribution in [2.75, 3.05) is 33.7 Å². The van der Waals surface area contributed by atoms with Crippen LogP contribution in [0.4, 0.5) is 0 Å². The van der Waals surface area contributed by atoms with Crippen LogP contribution in [0.25, 0.3) is 0 Å². The lowest BCUT2D eigenvalue weighted by atomic mass is 10.1. The molecular weight excluding hydrogens is 224 g/mol. The van der Waals surface area contributed by atoms with Gasteiger partial charge in [0.1, 0.15) is 0 Å². The summed E-state index contributed by atoms with van der Waals surface area (Å²) in [7, 11) is 4.23. The van der Waals surface area contributed by atoms with Gasteiger partial charge in [-0.3, -0.25) is 4.90 Å². The Kier molecular flexibility index (Phi) is 4.75. The summed E-state index contributed by atoms with van der Waals surface area (Å²) in [5.41, 5.74) is 1.02. The van der Waals surface area contributed by atoms with Gasteiger partial charge in [-0.1, -0.05) is 30.3 Å². The molecule has 1 aromatic rings. The predicted molar refractivity (Wildman–Crippen MR) is 74.6 cm³/mol. The molecule has 1 aromatic carbocycles. The molecule has 2 unspecified atom stereocenters. The second kappa shape index (κ2) is 6.32. The first kappa shape index (κ1) is 13.5. The summed E-state index contributed by atoms with van der Waals surface area (Å²) >= 11 is 0. The number of likely N-dealkylation sites (tertiary alicyclic amines) is 1. The summed E-state index contributed by atoms with van der Waals surface area (Å²) in [5.74, 6) is 0. The summed E-state index contributed by atoms with van der Waals surface area (Å²) < 4.78 is 0. The van der Waals surface area contributed by atoms with E-state index in [9.17, 15) is 5.11 Å². The van der Waals surface area contributed by atoms with Crippen LogP contribution in [0.15, 0.2) is 30.3 Å². The van der Waals surface area contributed by atoms with E-state index in [4.69, 9.17) is 0 Å². The minimum Gasteiger partial charge on any atom is -0.387 e. The number of aliphatic hydroxyl groups excluding tert-OH is 1. The highest BCUT2D eigenvalue weighted by molar-refractivity contribution is 5.17. The molecular formula is C15H24N2O. The average Bonchev–Trinajstić information content (AvgIpc) is 2.77. The minimum absolute atomic E-state index is 0.367. The topological polar surface area (TPSA) is 26.7 Å². The van der Waals surface area contributed by atoms with Crippen molar-refractivity contribution in [1.29, 1.82) is 0 Å². The smallest absolute Gasteiger partial charge is 0.0917 e. The molecule has 1 heterocycles. The molecule has 1 fully saturated rings. The number of nitrogens with zero attached hydrogens (tertiary/aromatic N) is 2. The third kappa shape index (κ3) is 3.55. The number of likely N-dealkylation sites (N-methyl/N-ethyl adjacent to an activating group) is 1. The minimum atomic E-state index is -0.367. The fraction of sp³-hybridized carbons (Fsp3) is 0.600. The molecule has 3 heteroatoms. The zero-order valence-electron chi connectivity index (χ0n) is 11.4. The first-order valence-corrected chi connectivity index (χ1v) is 6.78. The molecule has 18 heavy (non-hydrogen) atoms. The largest absolute Gasteiger partial charge is 0.387 e. The number of rotatable bonds is 5. The highest BCUT2D eigenvalue weighted by Gasteiger charge is 2.26. The van der Waals surface area contributed by atoms with Gasteiger partial charge in [0.05, 0.1) is 6.10 Å². The Hall–Kier alpha value is -0.900. The Morgan fingerprint density at radius 1 is 1.33 bits per heavy atom. The van der Waals surface area contributed by atoms with E-state index in [0.717, 1.165) is 25.2 Å². The van der Waals surface area contributed by atoms with E-state index >= 15 is 0 Å². The number of aliphatic hydroxyl groups is 1. The Morgan fingerprint density at radius 3 is 2.72 bits per heavy atom. The van der Waals surface area contributed by atoms with E-state index in [2.05, 4.69) is 23.9 Å². The van der Waals surface area contributed by atoms with Gasteiger partial charge in [0.2, 0.25) is 0 Å². The number of hydrogen-bond donors (Lipinski definition) is 1. The molecule has 0 spiro atoms. The van der Waals surface area contributed by atoms with Crippen molar-refractivity contribution in [2.24, 2.45) is 0 Å². The van der Waals surface area contributed by atoms with Gasteiger partial charge in [-0.25, -0.2) is 0 Å². The summed E-state index contributed by atoms with van der Waals surface area (Å²) in [4.78, 5) is 4.66. The first-order chi connectivity index (χ1) is 8.66. The average molecular weight is 248 g/mol. The Balaban J connectivity index is 1.92. The number of hydrogen-bond acceptors (Lipinski definition) is 3. The lowest BCUT2D eigenvalue weighted by Crippen LogP contribution is -2.39. The van der Waals surface area contributed by atoms with Crippen molar-refractivity contribution in [2.45, 2.75) is 25.0 Å². The van der Waals surface area contributed by atoms with Crippen LogP contribution >= 0.6 is 0 Å². The van der Waals surface area contributed by atoms with Crippen molar-refractivity contribution in [3.05, 3.63) is 35.9 Å². The number of benzene rings is 1. The number of β-amino-alcohol motifs (C(OH)–C–C–N with tert-alkyl or cyclic N) is 1. The van der Waals surface area contributed by atoms with Crippen LogP contribution in [0.2, 0.25) is 0 Å². The second-order valence-corrected chi connectivity index (χ2v) is 5.48. The zero-order chi connectivity index (χ0) is 13.0. The van der Waals surface area contributed by atoms with Crippen LogP contribution in [-0.4, -0.2) is 54.7 Å². The summed E-state index contributed by atoms with van der Waals surface area (Å²) in [5, 5.41) is 10.3. The van der Waals surface area contributed by atoms with Gasteiger partial charge in [-0.15, -0.1) is 0 Å². The van der Waals surface area contributed by atoms with Crippen molar-refractivity contribution in [1.82, 2.24) is 9.80 Å². The SMILES string of the molecule is CN(C)CC1CCCN1CC(O)c1ccccc1. The molecule has 1 aliphatic heterocycles. The third-order valence-corrected chi connectivity index (χ3v) is 3.67. The van der Waals surface area contributed by atoms with E-state index in [1.54, 1.807) is 0 Å². The van der Waals surface area contributed by atoms with Crippen LogP contribution in [0.5, 0.6) is 0 Å². The van der Waals surface area contributed by atoms with E-state index in [1.807, 2.05) is 30.3 Å². The van der Waals surface area contributed by atoms with E-state index in [0.29, 0.717) is 6.04 Å². The molecule has 1 saturated heterocycles. The maximum absolute atomic E-state index is 10.3. The molecule has 100 valence electrons. The van der Waals surface area contributed by atoms with Gasteiger partial charge >= 0.3 is 0 Å². The van der Waals surface area contributed by atoms with Crippen LogP contribution in [0.3, 0.4) is 0 Å². The Labute approximate surface area is 110 Å². The predicted octanol–water partition coefficient (Wildman–Crippen LogP) is 1.75. The van der Waals surface area contributed by atoms with Gasteiger partial charge in [-0.2, -0.15) is 0 Å². The first-order valence-electron chi connectivity index (χ1n) is 6.78. The van der Waals surface area contributed by atoms with Crippen molar-refractivity contribution in [3.8, 4) is 0 Å². The maximum atomic E-state index is 10.3. The third-order valence-electron chi connectivity index (χ3n) is 3.67. The Morgan fingerprint density at radius 2 is 2.06 bits per heavy atom. The quantitative estimate of drug-likeness (QED) is 0.860. The van der Waals surface area contributed by atoms with Crippen molar-refractivity contribution >= 4 is 0 Å². The Bertz CT molecular complexity index is 353. The zero-order valence-corrected chi connectivity index (χ0v) is 11.4. The summed E-state index contributed by atoms with van der Waals surface area (Å²) in [6.45, 7) is 2.95. The molecule has 1 N–H and O–H groups in total. The van der Waals surface area contributed by atoms with Gasteiger partial charge in [0.15, 0.2) is 0 Å². The van der Waals surface area contributed by atoms with Crippen LogP contribution in [0, 0.1) is 0 Å². The van der Waals surface area contributed by atoms with Crippen molar-refractivity contribution in [3.63, 3.8) is 0 Å². The van der Waals surface area contributed by atoms with E-state index < -0.39 is 0 Å². The molecule has 0 saturated carbocycles. The van der Waals surface area contributed by atoms with E-state index in [-0.39, 0.29) is 6.10 Å². The highest BCUT2D eigenvalue weighted by atomic mass is 16.3. The lowest BCUT2D eigenvalue weighted by molar-refractivity contribution is 0.0980. The molecule has 0 radical (unpaired) electrons. The molecule has 0 amide bonds. The van der Waals surface area contributed by atoms with Crippen LogP contribution in [-0.2, 0) is 0 Å². The lowest BCUT2D eigenvalue weighted by Gasteiger charge is -2.28. The molecule has 1 aliphatic rings. The summed E-state index contributed by atoms with van der Waals surface area (Å²) in [6.07, 6.45) is 2.13. The van der Waals surface area contributed by atoms with Crippen LogP contribution < -0.4 is 0 Å². The van der Waals surface area contributed by atoms with Gasteiger partial charge in [0, 0.05) is 19.1 Å². The van der Waals surface area contributed by atoms with Gasteiger partial charge in [0.25, 0.3) is 0 Å². The van der Waals surface area contributed by atoms with Gasteiger partial charge in [-0.05, 0) is 39.0 Å². The molecule has 3 nitrogen and oxygen atoms in total. The molecule has 2 rings (SSSR count). The summed E-state index contributed by atoms with van der Waals surface area (Å²) in [6, 6.07) is 10.6. The van der Waals surface area contributed by atoms with Gasteiger partial charge < -0.3 is 10.0 Å². The maximum Gasteiger partial charge on any atom is 0.0917 e. The van der Waals surface area contributed by atoms with Crippen molar-refractivity contribution < 1.29 is 5.11 Å². The van der Waals surface area contributed by atoms with Crippen LogP contribution in [0.1, 0.15) is 24.5 Å². The fourth-order valence-corrected chi connectivity index (χ4v) is 2.77. The normalized spacial score (nSPS) is 22.6. The molecule has 2 atom stereocenters. The highest BCUT2D eigenvalue weighted by Crippen LogP contribution is 2.22.